The normalized spacial score (nSPS) is 20.2. The van der Waals surface area contributed by atoms with Crippen molar-refractivity contribution in [2.75, 3.05) is 38.3 Å². The van der Waals surface area contributed by atoms with Crippen molar-refractivity contribution in [3.05, 3.63) is 52.5 Å². The summed E-state index contributed by atoms with van der Waals surface area (Å²) in [5.74, 6) is -0.255. The number of sulfonamides is 1. The van der Waals surface area contributed by atoms with E-state index in [0.717, 1.165) is 41.5 Å². The maximum Gasteiger partial charge on any atom is 0.260 e. The van der Waals surface area contributed by atoms with Crippen LogP contribution in [0.4, 0.5) is 5.13 Å². The van der Waals surface area contributed by atoms with Crippen LogP contribution in [-0.2, 0) is 19.5 Å². The molecule has 3 aromatic rings. The number of aromatic nitrogens is 1. The molecule has 2 aliphatic heterocycles. The number of likely N-dealkylation sites (N-methyl/N-ethyl adjacent to an activating group) is 1. The zero-order valence-corrected chi connectivity index (χ0v) is 23.2. The highest BCUT2D eigenvalue weighted by Crippen LogP contribution is 2.35. The molecule has 198 valence electrons. The number of anilines is 1. The van der Waals surface area contributed by atoms with Gasteiger partial charge in [0.2, 0.25) is 10.0 Å². The molecular formula is C26H30ClN3O5S2. The zero-order valence-electron chi connectivity index (χ0n) is 20.9. The number of hydrogen-bond donors (Lipinski definition) is 0. The molecule has 0 radical (unpaired) electrons. The maximum absolute atomic E-state index is 13.7. The zero-order chi connectivity index (χ0) is 26.2. The first-order valence-electron chi connectivity index (χ1n) is 12.4. The Hall–Kier alpha value is -2.08. The second kappa shape index (κ2) is 11.0. The van der Waals surface area contributed by atoms with Crippen LogP contribution in [0, 0.1) is 6.92 Å². The highest BCUT2D eigenvalue weighted by Gasteiger charge is 2.29. The molecule has 1 amide bonds. The number of rotatable bonds is 8. The first-order valence-corrected chi connectivity index (χ1v) is 15.0. The van der Waals surface area contributed by atoms with Gasteiger partial charge < -0.3 is 9.47 Å². The minimum atomic E-state index is -3.70. The summed E-state index contributed by atoms with van der Waals surface area (Å²) in [6.45, 7) is 3.93. The predicted molar refractivity (Wildman–Crippen MR) is 145 cm³/mol. The number of carbonyl (C=O) groups is 1. The van der Waals surface area contributed by atoms with E-state index in [1.165, 1.54) is 27.8 Å². The van der Waals surface area contributed by atoms with Gasteiger partial charge in [0.1, 0.15) is 0 Å². The summed E-state index contributed by atoms with van der Waals surface area (Å²) < 4.78 is 39.8. The van der Waals surface area contributed by atoms with Gasteiger partial charge in [-0.2, -0.15) is 4.31 Å². The smallest absolute Gasteiger partial charge is 0.260 e. The fourth-order valence-electron chi connectivity index (χ4n) is 4.72. The summed E-state index contributed by atoms with van der Waals surface area (Å²) in [5, 5.41) is 1.19. The van der Waals surface area contributed by atoms with Gasteiger partial charge in [0.05, 0.1) is 33.9 Å². The molecule has 0 N–H and O–H groups in total. The third-order valence-corrected chi connectivity index (χ3v) is 10.2. The lowest BCUT2D eigenvalue weighted by Gasteiger charge is -2.23. The minimum absolute atomic E-state index is 0.0771. The van der Waals surface area contributed by atoms with Gasteiger partial charge in [-0.05, 0) is 74.6 Å². The van der Waals surface area contributed by atoms with Gasteiger partial charge in [-0.3, -0.25) is 9.69 Å². The topological polar surface area (TPSA) is 89.0 Å². The predicted octanol–water partition coefficient (Wildman–Crippen LogP) is 4.88. The Morgan fingerprint density at radius 2 is 1.70 bits per heavy atom. The fraction of sp³-hybridized carbons (Fsp3) is 0.462. The molecule has 0 spiro atoms. The number of hydrogen-bond acceptors (Lipinski definition) is 7. The minimum Gasteiger partial charge on any atom is -0.377 e. The molecule has 2 fully saturated rings. The summed E-state index contributed by atoms with van der Waals surface area (Å²) >= 11 is 7.72. The molecule has 3 heterocycles. The molecular weight excluding hydrogens is 534 g/mol. The van der Waals surface area contributed by atoms with Gasteiger partial charge in [0.15, 0.2) is 5.13 Å². The van der Waals surface area contributed by atoms with Gasteiger partial charge in [0, 0.05) is 37.4 Å². The van der Waals surface area contributed by atoms with Crippen LogP contribution in [0.2, 0.25) is 5.02 Å². The summed E-state index contributed by atoms with van der Waals surface area (Å²) in [6, 6.07) is 9.85. The first kappa shape index (κ1) is 26.5. The molecule has 2 saturated heterocycles. The molecule has 11 heteroatoms. The molecule has 1 aromatic heterocycles. The molecule has 0 aliphatic carbocycles. The van der Waals surface area contributed by atoms with Crippen molar-refractivity contribution in [2.24, 2.45) is 0 Å². The van der Waals surface area contributed by atoms with Crippen molar-refractivity contribution in [1.29, 1.82) is 0 Å². The van der Waals surface area contributed by atoms with Crippen LogP contribution in [0.5, 0.6) is 0 Å². The SMILES string of the molecule is Cc1c(Cl)ccc2sc(N(CC3CCCO3)C(=O)c3ccc(S(=O)(=O)N(C)CC4CCCO4)cc3)nc12. The van der Waals surface area contributed by atoms with Crippen LogP contribution in [0.15, 0.2) is 41.3 Å². The lowest BCUT2D eigenvalue weighted by atomic mass is 10.2. The second-order valence-corrected chi connectivity index (χ2v) is 13.0. The Morgan fingerprint density at radius 3 is 2.32 bits per heavy atom. The number of thiazole rings is 1. The van der Waals surface area contributed by atoms with Gasteiger partial charge in [-0.25, -0.2) is 13.4 Å². The van der Waals surface area contributed by atoms with E-state index >= 15 is 0 Å². The van der Waals surface area contributed by atoms with Crippen molar-refractivity contribution in [2.45, 2.75) is 49.7 Å². The lowest BCUT2D eigenvalue weighted by Crippen LogP contribution is -2.37. The van der Waals surface area contributed by atoms with Crippen molar-refractivity contribution >= 4 is 54.2 Å². The number of aryl methyl sites for hydroxylation is 1. The average molecular weight is 564 g/mol. The Morgan fingerprint density at radius 1 is 1.05 bits per heavy atom. The fourth-order valence-corrected chi connectivity index (χ4v) is 7.11. The summed E-state index contributed by atoms with van der Waals surface area (Å²) in [6.07, 6.45) is 3.46. The van der Waals surface area contributed by atoms with Gasteiger partial charge in [-0.1, -0.05) is 22.9 Å². The van der Waals surface area contributed by atoms with Crippen molar-refractivity contribution < 1.29 is 22.7 Å². The molecule has 2 aliphatic rings. The van der Waals surface area contributed by atoms with Crippen LogP contribution in [0.3, 0.4) is 0 Å². The number of carbonyl (C=O) groups excluding carboxylic acids is 1. The average Bonchev–Trinajstić information content (AvgIpc) is 3.67. The second-order valence-electron chi connectivity index (χ2n) is 9.51. The van der Waals surface area contributed by atoms with Gasteiger partial charge in [0.25, 0.3) is 5.91 Å². The molecule has 8 nitrogen and oxygen atoms in total. The summed E-state index contributed by atoms with van der Waals surface area (Å²) in [4.78, 5) is 20.3. The Labute approximate surface area is 226 Å². The maximum atomic E-state index is 13.7. The molecule has 2 unspecified atom stereocenters. The van der Waals surface area contributed by atoms with Crippen molar-refractivity contribution in [1.82, 2.24) is 9.29 Å². The number of halogens is 1. The molecule has 0 bridgehead atoms. The molecule has 0 saturated carbocycles. The number of amides is 1. The van der Waals surface area contributed by atoms with E-state index in [4.69, 9.17) is 26.1 Å². The monoisotopic (exact) mass is 563 g/mol. The molecule has 2 aromatic carbocycles. The van der Waals surface area contributed by atoms with E-state index < -0.39 is 10.0 Å². The van der Waals surface area contributed by atoms with E-state index in [1.807, 2.05) is 19.1 Å². The van der Waals surface area contributed by atoms with E-state index in [2.05, 4.69) is 0 Å². The molecule has 2 atom stereocenters. The van der Waals surface area contributed by atoms with E-state index in [9.17, 15) is 13.2 Å². The number of benzene rings is 2. The number of nitrogens with zero attached hydrogens (tertiary/aromatic N) is 3. The number of ether oxygens (including phenoxy) is 2. The first-order chi connectivity index (χ1) is 17.7. The standard InChI is InChI=1S/C26H30ClN3O5S2/c1-17-22(27)11-12-23-24(17)28-26(36-23)30(16-20-6-4-14-35-20)25(31)18-7-9-21(10-8-18)37(32,33)29(2)15-19-5-3-13-34-19/h7-12,19-20H,3-6,13-16H2,1-2H3. The Bertz CT molecular complexity index is 1380. The summed E-state index contributed by atoms with van der Waals surface area (Å²) in [7, 11) is -2.14. The molecule has 5 rings (SSSR count). The Kier molecular flexibility index (Phi) is 7.86. The van der Waals surface area contributed by atoms with Crippen LogP contribution < -0.4 is 4.90 Å². The third kappa shape index (κ3) is 5.55. The largest absolute Gasteiger partial charge is 0.377 e. The van der Waals surface area contributed by atoms with Crippen LogP contribution in [-0.4, -0.2) is 69.2 Å². The van der Waals surface area contributed by atoms with Crippen LogP contribution in [0.1, 0.15) is 41.6 Å². The van der Waals surface area contributed by atoms with E-state index in [1.54, 1.807) is 24.1 Å². The summed E-state index contributed by atoms with van der Waals surface area (Å²) in [5.41, 5.74) is 2.02. The Balaban J connectivity index is 1.41. The number of fused-ring (bicyclic) bond motifs is 1. The van der Waals surface area contributed by atoms with E-state index in [-0.39, 0.29) is 23.0 Å². The van der Waals surface area contributed by atoms with Crippen molar-refractivity contribution in [3.63, 3.8) is 0 Å². The highest BCUT2D eigenvalue weighted by molar-refractivity contribution is 7.89. The lowest BCUT2D eigenvalue weighted by molar-refractivity contribution is 0.0917. The van der Waals surface area contributed by atoms with Crippen molar-refractivity contribution in [3.8, 4) is 0 Å². The van der Waals surface area contributed by atoms with Gasteiger partial charge >= 0.3 is 0 Å². The van der Waals surface area contributed by atoms with Crippen LogP contribution >= 0.6 is 22.9 Å². The van der Waals surface area contributed by atoms with Gasteiger partial charge in [-0.15, -0.1) is 0 Å². The van der Waals surface area contributed by atoms with E-state index in [0.29, 0.717) is 42.0 Å². The molecule has 37 heavy (non-hydrogen) atoms. The third-order valence-electron chi connectivity index (χ3n) is 6.92. The van der Waals surface area contributed by atoms with Crippen LogP contribution in [0.25, 0.3) is 10.2 Å². The highest BCUT2D eigenvalue weighted by atomic mass is 35.5. The quantitative estimate of drug-likeness (QED) is 0.388.